The maximum absolute atomic E-state index is 13.5. The third kappa shape index (κ3) is 6.20. The van der Waals surface area contributed by atoms with Crippen LogP contribution in [-0.4, -0.2) is 17.4 Å². The van der Waals surface area contributed by atoms with Gasteiger partial charge in [-0.1, -0.05) is 66.7 Å². The Morgan fingerprint density at radius 1 is 0.886 bits per heavy atom. The Morgan fingerprint density at radius 3 is 2.06 bits per heavy atom. The number of aryl methyl sites for hydroxylation is 1. The number of hydrogen-bond donors (Lipinski definition) is 0. The lowest BCUT2D eigenvalue weighted by Crippen LogP contribution is -2.32. The van der Waals surface area contributed by atoms with Gasteiger partial charge in [0.05, 0.1) is 12.1 Å². The third-order valence-corrected chi connectivity index (χ3v) is 7.13. The zero-order valence-electron chi connectivity index (χ0n) is 19.3. The molecule has 0 unspecified atom stereocenters. The van der Waals surface area contributed by atoms with Gasteiger partial charge in [-0.2, -0.15) is 13.2 Å². The SMILES string of the molecule is Cc1ccsc1CN(CCC(c1ccccc1)c1ccccc1)C(=O)c1cccc(C(F)(F)F)c1. The van der Waals surface area contributed by atoms with Gasteiger partial charge >= 0.3 is 6.18 Å². The lowest BCUT2D eigenvalue weighted by atomic mass is 9.88. The van der Waals surface area contributed by atoms with Crippen LogP contribution in [0.2, 0.25) is 0 Å². The van der Waals surface area contributed by atoms with Gasteiger partial charge in [0.25, 0.3) is 5.91 Å². The molecule has 1 heterocycles. The van der Waals surface area contributed by atoms with Crippen LogP contribution in [0.1, 0.15) is 49.8 Å². The van der Waals surface area contributed by atoms with Gasteiger partial charge in [0.2, 0.25) is 0 Å². The highest BCUT2D eigenvalue weighted by Crippen LogP contribution is 2.31. The monoisotopic (exact) mass is 493 g/mol. The van der Waals surface area contributed by atoms with Gasteiger partial charge in [-0.05, 0) is 59.7 Å². The van der Waals surface area contributed by atoms with Gasteiger partial charge in [0.15, 0.2) is 0 Å². The molecule has 0 aliphatic carbocycles. The Bertz CT molecular complexity index is 1210. The molecule has 1 amide bonds. The minimum absolute atomic E-state index is 0.0463. The van der Waals surface area contributed by atoms with Crippen LogP contribution in [0.15, 0.2) is 96.4 Å². The van der Waals surface area contributed by atoms with Crippen LogP contribution >= 0.6 is 11.3 Å². The third-order valence-electron chi connectivity index (χ3n) is 6.12. The summed E-state index contributed by atoms with van der Waals surface area (Å²) in [5.74, 6) is -0.345. The second-order valence-corrected chi connectivity index (χ2v) is 9.50. The summed E-state index contributed by atoms with van der Waals surface area (Å²) in [7, 11) is 0. The number of halogens is 3. The maximum Gasteiger partial charge on any atom is 0.416 e. The molecule has 0 radical (unpaired) electrons. The van der Waals surface area contributed by atoms with E-state index >= 15 is 0 Å². The highest BCUT2D eigenvalue weighted by atomic mass is 32.1. The van der Waals surface area contributed by atoms with Crippen LogP contribution < -0.4 is 0 Å². The van der Waals surface area contributed by atoms with Crippen molar-refractivity contribution in [1.29, 1.82) is 0 Å². The highest BCUT2D eigenvalue weighted by molar-refractivity contribution is 7.10. The first-order chi connectivity index (χ1) is 16.8. The Labute approximate surface area is 207 Å². The number of alkyl halides is 3. The Balaban J connectivity index is 1.64. The molecule has 35 heavy (non-hydrogen) atoms. The molecule has 0 atom stereocenters. The minimum atomic E-state index is -4.50. The van der Waals surface area contributed by atoms with Crippen molar-refractivity contribution in [2.45, 2.75) is 32.0 Å². The molecular formula is C29H26F3NOS. The van der Waals surface area contributed by atoms with Crippen LogP contribution in [0.5, 0.6) is 0 Å². The van der Waals surface area contributed by atoms with Gasteiger partial charge in [0.1, 0.15) is 0 Å². The molecule has 4 rings (SSSR count). The van der Waals surface area contributed by atoms with Crippen LogP contribution in [0.3, 0.4) is 0 Å². The summed E-state index contributed by atoms with van der Waals surface area (Å²) >= 11 is 1.55. The van der Waals surface area contributed by atoms with Gasteiger partial charge in [-0.25, -0.2) is 0 Å². The van der Waals surface area contributed by atoms with Crippen molar-refractivity contribution in [1.82, 2.24) is 4.90 Å². The number of amides is 1. The first kappa shape index (κ1) is 24.7. The fraction of sp³-hybridized carbons (Fsp3) is 0.207. The number of benzene rings is 3. The molecule has 180 valence electrons. The molecular weight excluding hydrogens is 467 g/mol. The second kappa shape index (κ2) is 10.9. The number of hydrogen-bond acceptors (Lipinski definition) is 2. The molecule has 0 fully saturated rings. The second-order valence-electron chi connectivity index (χ2n) is 8.49. The predicted molar refractivity (Wildman–Crippen MR) is 135 cm³/mol. The fourth-order valence-electron chi connectivity index (χ4n) is 4.18. The van der Waals surface area contributed by atoms with Gasteiger partial charge in [0, 0.05) is 22.9 Å². The smallest absolute Gasteiger partial charge is 0.333 e. The normalized spacial score (nSPS) is 11.6. The van der Waals surface area contributed by atoms with Crippen molar-refractivity contribution < 1.29 is 18.0 Å². The number of rotatable bonds is 8. The number of thiophene rings is 1. The first-order valence-electron chi connectivity index (χ1n) is 11.4. The van der Waals surface area contributed by atoms with E-state index in [9.17, 15) is 18.0 Å². The zero-order chi connectivity index (χ0) is 24.8. The van der Waals surface area contributed by atoms with E-state index in [1.807, 2.05) is 54.8 Å². The molecule has 0 aliphatic rings. The summed E-state index contributed by atoms with van der Waals surface area (Å²) in [5, 5.41) is 1.97. The summed E-state index contributed by atoms with van der Waals surface area (Å²) in [5.41, 5.74) is 2.57. The molecule has 0 spiro atoms. The van der Waals surface area contributed by atoms with Crippen LogP contribution in [0.4, 0.5) is 13.2 Å². The molecule has 2 nitrogen and oxygen atoms in total. The van der Waals surface area contributed by atoms with Crippen molar-refractivity contribution in [2.24, 2.45) is 0 Å². The summed E-state index contributed by atoms with van der Waals surface area (Å²) in [6, 6.07) is 26.9. The van der Waals surface area contributed by atoms with E-state index in [0.717, 1.165) is 33.7 Å². The molecule has 0 saturated carbocycles. The van der Waals surface area contributed by atoms with Gasteiger partial charge < -0.3 is 4.90 Å². The Morgan fingerprint density at radius 2 is 1.51 bits per heavy atom. The van der Waals surface area contributed by atoms with Crippen molar-refractivity contribution in [3.05, 3.63) is 129 Å². The number of carbonyl (C=O) groups excluding carboxylic acids is 1. The largest absolute Gasteiger partial charge is 0.416 e. The van der Waals surface area contributed by atoms with E-state index in [1.165, 1.54) is 12.1 Å². The maximum atomic E-state index is 13.5. The summed E-state index contributed by atoms with van der Waals surface area (Å²) < 4.78 is 39.9. The molecule has 0 saturated heterocycles. The van der Waals surface area contributed by atoms with Crippen LogP contribution in [-0.2, 0) is 12.7 Å². The molecule has 1 aromatic heterocycles. The first-order valence-corrected chi connectivity index (χ1v) is 12.3. The van der Waals surface area contributed by atoms with Gasteiger partial charge in [-0.15, -0.1) is 11.3 Å². The fourth-order valence-corrected chi connectivity index (χ4v) is 5.11. The summed E-state index contributed by atoms with van der Waals surface area (Å²) in [4.78, 5) is 16.2. The average Bonchev–Trinajstić information content (AvgIpc) is 3.28. The molecule has 0 N–H and O–H groups in total. The van der Waals surface area contributed by atoms with E-state index < -0.39 is 17.6 Å². The quantitative estimate of drug-likeness (QED) is 0.244. The van der Waals surface area contributed by atoms with E-state index in [0.29, 0.717) is 19.5 Å². The van der Waals surface area contributed by atoms with E-state index in [-0.39, 0.29) is 11.5 Å². The number of carbonyl (C=O) groups is 1. The van der Waals surface area contributed by atoms with Crippen LogP contribution in [0, 0.1) is 6.92 Å². The highest BCUT2D eigenvalue weighted by Gasteiger charge is 2.31. The van der Waals surface area contributed by atoms with E-state index in [2.05, 4.69) is 24.3 Å². The Hall–Kier alpha value is -3.38. The molecule has 0 aliphatic heterocycles. The zero-order valence-corrected chi connectivity index (χ0v) is 20.2. The van der Waals surface area contributed by atoms with E-state index in [1.54, 1.807) is 16.2 Å². The standard InChI is InChI=1S/C29H26F3NOS/c1-21-16-18-35-27(21)20-33(28(34)24-13-8-14-25(19-24)29(30,31)32)17-15-26(22-9-4-2-5-10-22)23-11-6-3-7-12-23/h2-14,16,18-19,26H,15,17,20H2,1H3. The lowest BCUT2D eigenvalue weighted by Gasteiger charge is -2.26. The van der Waals surface area contributed by atoms with Crippen molar-refractivity contribution >= 4 is 17.2 Å². The number of nitrogens with zero attached hydrogens (tertiary/aromatic N) is 1. The molecule has 4 aromatic rings. The van der Waals surface area contributed by atoms with Crippen LogP contribution in [0.25, 0.3) is 0 Å². The summed E-state index contributed by atoms with van der Waals surface area (Å²) in [6.45, 7) is 2.74. The molecule has 6 heteroatoms. The molecule has 3 aromatic carbocycles. The molecule has 0 bridgehead atoms. The van der Waals surface area contributed by atoms with Crippen molar-refractivity contribution in [2.75, 3.05) is 6.54 Å². The van der Waals surface area contributed by atoms with E-state index in [4.69, 9.17) is 0 Å². The topological polar surface area (TPSA) is 20.3 Å². The summed E-state index contributed by atoms with van der Waals surface area (Å²) in [6.07, 6.45) is -3.86. The average molecular weight is 494 g/mol. The van der Waals surface area contributed by atoms with Gasteiger partial charge in [-0.3, -0.25) is 4.79 Å². The van der Waals surface area contributed by atoms with Crippen molar-refractivity contribution in [3.63, 3.8) is 0 Å². The lowest BCUT2D eigenvalue weighted by molar-refractivity contribution is -0.137. The minimum Gasteiger partial charge on any atom is -0.333 e. The Kier molecular flexibility index (Phi) is 7.71. The predicted octanol–water partition coefficient (Wildman–Crippen LogP) is 7.94. The van der Waals surface area contributed by atoms with Crippen molar-refractivity contribution in [3.8, 4) is 0 Å².